The number of nitrogens with zero attached hydrogens (tertiary/aromatic N) is 3. The van der Waals surface area contributed by atoms with Crippen LogP contribution in [0.4, 0.5) is 29.1 Å². The highest BCUT2D eigenvalue weighted by atomic mass is 19.4. The monoisotopic (exact) mass is 372 g/mol. The smallest absolute Gasteiger partial charge is 0.339 e. The first kappa shape index (κ1) is 17.0. The number of nitrogens with one attached hydrogen (secondary N) is 1. The molecule has 0 aliphatic heterocycles. The molecular formula is C19H12F4N4. The van der Waals surface area contributed by atoms with Crippen molar-refractivity contribution in [1.82, 2.24) is 14.4 Å². The summed E-state index contributed by atoms with van der Waals surface area (Å²) in [6.07, 6.45) is -1.94. The van der Waals surface area contributed by atoms with Crippen molar-refractivity contribution < 1.29 is 17.6 Å². The average molecular weight is 372 g/mol. The number of rotatable bonds is 3. The van der Waals surface area contributed by atoms with E-state index in [9.17, 15) is 17.6 Å². The van der Waals surface area contributed by atoms with Crippen LogP contribution in [0.25, 0.3) is 17.0 Å². The minimum Gasteiger partial charge on any atom is -0.339 e. The second-order valence-electron chi connectivity index (χ2n) is 5.80. The Balaban J connectivity index is 1.91. The summed E-state index contributed by atoms with van der Waals surface area (Å²) in [7, 11) is 0. The van der Waals surface area contributed by atoms with Gasteiger partial charge in [-0.1, -0.05) is 6.07 Å². The fraction of sp³-hybridized carbons (Fsp3) is 0.0526. The number of pyridine rings is 2. The van der Waals surface area contributed by atoms with E-state index < -0.39 is 17.6 Å². The molecule has 0 atom stereocenters. The van der Waals surface area contributed by atoms with Crippen LogP contribution in [0.5, 0.6) is 0 Å². The summed E-state index contributed by atoms with van der Waals surface area (Å²) in [5, 5.41) is 3.03. The summed E-state index contributed by atoms with van der Waals surface area (Å²) >= 11 is 0. The van der Waals surface area contributed by atoms with Gasteiger partial charge in [0, 0.05) is 18.1 Å². The van der Waals surface area contributed by atoms with Gasteiger partial charge in [0.2, 0.25) is 0 Å². The minimum absolute atomic E-state index is 0.307. The zero-order chi connectivity index (χ0) is 19.0. The maximum Gasteiger partial charge on any atom is 0.417 e. The first-order valence-corrected chi connectivity index (χ1v) is 7.95. The van der Waals surface area contributed by atoms with E-state index in [4.69, 9.17) is 0 Å². The normalized spacial score (nSPS) is 11.7. The Hall–Kier alpha value is -3.42. The minimum atomic E-state index is -4.49. The third-order valence-corrected chi connectivity index (χ3v) is 3.96. The number of fused-ring (bicyclic) bond motifs is 1. The summed E-state index contributed by atoms with van der Waals surface area (Å²) in [6.45, 7) is 0. The number of aromatic nitrogens is 3. The molecule has 27 heavy (non-hydrogen) atoms. The van der Waals surface area contributed by atoms with E-state index >= 15 is 0 Å². The lowest BCUT2D eigenvalue weighted by atomic mass is 10.2. The van der Waals surface area contributed by atoms with Crippen molar-refractivity contribution in [3.05, 3.63) is 78.4 Å². The zero-order valence-corrected chi connectivity index (χ0v) is 13.7. The number of hydrogen-bond acceptors (Lipinski definition) is 3. The van der Waals surface area contributed by atoms with Crippen molar-refractivity contribution in [3.63, 3.8) is 0 Å². The molecule has 0 saturated carbocycles. The second kappa shape index (κ2) is 6.39. The van der Waals surface area contributed by atoms with E-state index in [2.05, 4.69) is 15.3 Å². The van der Waals surface area contributed by atoms with Crippen molar-refractivity contribution in [1.29, 1.82) is 0 Å². The van der Waals surface area contributed by atoms with Gasteiger partial charge in [0.1, 0.15) is 23.0 Å². The molecule has 8 heteroatoms. The van der Waals surface area contributed by atoms with Crippen molar-refractivity contribution in [2.24, 2.45) is 0 Å². The molecule has 0 unspecified atom stereocenters. The molecule has 0 radical (unpaired) electrons. The van der Waals surface area contributed by atoms with Gasteiger partial charge in [0.05, 0.1) is 11.3 Å². The number of halogens is 4. The zero-order valence-electron chi connectivity index (χ0n) is 13.7. The predicted molar refractivity (Wildman–Crippen MR) is 93.1 cm³/mol. The molecule has 4 aromatic rings. The summed E-state index contributed by atoms with van der Waals surface area (Å²) < 4.78 is 53.9. The standard InChI is InChI=1S/C19H12F4N4/c20-13-5-7-14(8-6-13)25-18-17(15-3-1-2-10-24-15)26-16-9-4-12(11-27(16)18)19(21,22)23/h1-11,25H. The maximum absolute atomic E-state index is 13.2. The molecule has 4 nitrogen and oxygen atoms in total. The van der Waals surface area contributed by atoms with Crippen LogP contribution in [0.3, 0.4) is 0 Å². The Labute approximate surface area is 151 Å². The molecule has 3 heterocycles. The molecule has 4 rings (SSSR count). The number of hydrogen-bond donors (Lipinski definition) is 1. The molecule has 0 spiro atoms. The van der Waals surface area contributed by atoms with Crippen LogP contribution in [0.15, 0.2) is 67.0 Å². The Kier molecular flexibility index (Phi) is 4.02. The van der Waals surface area contributed by atoms with Gasteiger partial charge in [0.25, 0.3) is 0 Å². The van der Waals surface area contributed by atoms with E-state index in [1.54, 1.807) is 24.4 Å². The van der Waals surface area contributed by atoms with Gasteiger partial charge in [-0.2, -0.15) is 13.2 Å². The molecule has 1 aromatic carbocycles. The van der Waals surface area contributed by atoms with Gasteiger partial charge in [-0.3, -0.25) is 9.38 Å². The van der Waals surface area contributed by atoms with Crippen LogP contribution in [0, 0.1) is 5.82 Å². The van der Waals surface area contributed by atoms with Crippen LogP contribution >= 0.6 is 0 Å². The van der Waals surface area contributed by atoms with Gasteiger partial charge in [-0.05, 0) is 48.5 Å². The average Bonchev–Trinajstić information content (AvgIpc) is 3.01. The van der Waals surface area contributed by atoms with Crippen LogP contribution in [0.1, 0.15) is 5.56 Å². The Morgan fingerprint density at radius 2 is 1.70 bits per heavy atom. The van der Waals surface area contributed by atoms with E-state index in [0.717, 1.165) is 12.3 Å². The first-order valence-electron chi connectivity index (χ1n) is 7.95. The molecule has 0 fully saturated rings. The van der Waals surface area contributed by atoms with E-state index in [-0.39, 0.29) is 0 Å². The summed E-state index contributed by atoms with van der Waals surface area (Å²) in [5.74, 6) is -0.107. The number of anilines is 2. The van der Waals surface area contributed by atoms with Gasteiger partial charge in [0.15, 0.2) is 0 Å². The molecule has 0 saturated heterocycles. The summed E-state index contributed by atoms with van der Waals surface area (Å²) in [4.78, 5) is 8.65. The molecule has 0 amide bonds. The summed E-state index contributed by atoms with van der Waals surface area (Å²) in [5.41, 5.74) is 0.918. The van der Waals surface area contributed by atoms with Crippen molar-refractivity contribution in [3.8, 4) is 11.4 Å². The molecule has 3 aromatic heterocycles. The lowest BCUT2D eigenvalue weighted by Gasteiger charge is -2.11. The molecule has 0 bridgehead atoms. The van der Waals surface area contributed by atoms with E-state index in [1.807, 2.05) is 0 Å². The van der Waals surface area contributed by atoms with Crippen molar-refractivity contribution in [2.45, 2.75) is 6.18 Å². The quantitative estimate of drug-likeness (QED) is 0.497. The van der Waals surface area contributed by atoms with E-state index in [0.29, 0.717) is 28.5 Å². The van der Waals surface area contributed by atoms with Gasteiger partial charge >= 0.3 is 6.18 Å². The van der Waals surface area contributed by atoms with Crippen LogP contribution in [-0.2, 0) is 6.18 Å². The Morgan fingerprint density at radius 1 is 0.926 bits per heavy atom. The third kappa shape index (κ3) is 3.33. The van der Waals surface area contributed by atoms with Crippen LogP contribution in [0.2, 0.25) is 0 Å². The second-order valence-corrected chi connectivity index (χ2v) is 5.80. The summed E-state index contributed by atoms with van der Waals surface area (Å²) in [6, 6.07) is 13.0. The number of alkyl halides is 3. The topological polar surface area (TPSA) is 42.2 Å². The highest BCUT2D eigenvalue weighted by Gasteiger charge is 2.31. The maximum atomic E-state index is 13.2. The Morgan fingerprint density at radius 3 is 2.37 bits per heavy atom. The first-order chi connectivity index (χ1) is 12.9. The fourth-order valence-corrected chi connectivity index (χ4v) is 2.68. The fourth-order valence-electron chi connectivity index (χ4n) is 2.68. The molecular weight excluding hydrogens is 360 g/mol. The molecule has 0 aliphatic carbocycles. The van der Waals surface area contributed by atoms with Gasteiger partial charge < -0.3 is 5.32 Å². The van der Waals surface area contributed by atoms with Gasteiger partial charge in [-0.15, -0.1) is 0 Å². The molecule has 1 N–H and O–H groups in total. The highest BCUT2D eigenvalue weighted by molar-refractivity contribution is 5.78. The Bertz CT molecular complexity index is 1090. The van der Waals surface area contributed by atoms with Gasteiger partial charge in [-0.25, -0.2) is 9.37 Å². The van der Waals surface area contributed by atoms with Crippen molar-refractivity contribution >= 4 is 17.2 Å². The molecule has 136 valence electrons. The number of benzene rings is 1. The van der Waals surface area contributed by atoms with Crippen molar-refractivity contribution in [2.75, 3.05) is 5.32 Å². The van der Waals surface area contributed by atoms with E-state index in [1.165, 1.54) is 34.7 Å². The largest absolute Gasteiger partial charge is 0.417 e. The predicted octanol–water partition coefficient (Wildman–Crippen LogP) is 5.30. The third-order valence-electron chi connectivity index (χ3n) is 3.96. The lowest BCUT2D eigenvalue weighted by Crippen LogP contribution is -2.07. The SMILES string of the molecule is Fc1ccc(Nc2c(-c3ccccn3)nc3ccc(C(F)(F)F)cn23)cc1. The molecule has 0 aliphatic rings. The highest BCUT2D eigenvalue weighted by Crippen LogP contribution is 2.34. The van der Waals surface area contributed by atoms with Crippen LogP contribution < -0.4 is 5.32 Å². The number of imidazole rings is 1. The lowest BCUT2D eigenvalue weighted by molar-refractivity contribution is -0.137. The van der Waals surface area contributed by atoms with Crippen LogP contribution in [-0.4, -0.2) is 14.4 Å².